The number of nitriles is 1. The van der Waals surface area contributed by atoms with Crippen molar-refractivity contribution in [1.82, 2.24) is 29.9 Å². The Kier molecular flexibility index (Phi) is 6.09. The van der Waals surface area contributed by atoms with E-state index in [0.717, 1.165) is 0 Å². The zero-order chi connectivity index (χ0) is 24.2. The number of nitrogens with zero attached hydrogens (tertiary/aromatic N) is 7. The van der Waals surface area contributed by atoms with Gasteiger partial charge < -0.3 is 15.8 Å². The van der Waals surface area contributed by atoms with Crippen molar-refractivity contribution in [3.63, 3.8) is 0 Å². The number of anilines is 2. The molecular weight excluding hydrogens is 439 g/mol. The lowest BCUT2D eigenvalue weighted by Gasteiger charge is -2.17. The van der Waals surface area contributed by atoms with E-state index in [0.29, 0.717) is 11.4 Å². The summed E-state index contributed by atoms with van der Waals surface area (Å²) >= 11 is 0. The van der Waals surface area contributed by atoms with Crippen LogP contribution in [0.25, 0.3) is 5.69 Å². The number of nitrogens with one attached hydrogen (secondary N) is 2. The molecule has 12 heteroatoms. The molecule has 3 heterocycles. The van der Waals surface area contributed by atoms with E-state index in [1.54, 1.807) is 31.3 Å². The molecular formula is C22H19FN10O. The first-order chi connectivity index (χ1) is 16.4. The van der Waals surface area contributed by atoms with Gasteiger partial charge in [0.25, 0.3) is 0 Å². The number of halogens is 1. The molecule has 0 aliphatic rings. The monoisotopic (exact) mass is 458 g/mol. The third kappa shape index (κ3) is 4.35. The molecule has 170 valence electrons. The maximum absolute atomic E-state index is 14.1. The molecule has 34 heavy (non-hydrogen) atoms. The maximum atomic E-state index is 14.1. The van der Waals surface area contributed by atoms with Crippen molar-refractivity contribution >= 4 is 17.3 Å². The van der Waals surface area contributed by atoms with Crippen molar-refractivity contribution in [2.24, 2.45) is 0 Å². The van der Waals surface area contributed by atoms with E-state index in [1.165, 1.54) is 36.3 Å². The average molecular weight is 458 g/mol. The number of nitrogen functional groups attached to an aromatic ring is 1. The third-order valence-corrected chi connectivity index (χ3v) is 4.94. The zero-order valence-electron chi connectivity index (χ0n) is 18.2. The molecule has 0 aliphatic heterocycles. The van der Waals surface area contributed by atoms with E-state index in [2.05, 4.69) is 30.6 Å². The summed E-state index contributed by atoms with van der Waals surface area (Å²) in [5.74, 6) is 0.247. The van der Waals surface area contributed by atoms with Crippen LogP contribution in [0.3, 0.4) is 0 Å². The van der Waals surface area contributed by atoms with Gasteiger partial charge in [0.05, 0.1) is 36.3 Å². The quantitative estimate of drug-likeness (QED) is 0.353. The summed E-state index contributed by atoms with van der Waals surface area (Å²) in [7, 11) is 1.45. The molecule has 11 nitrogen and oxygen atoms in total. The molecule has 0 bridgehead atoms. The first-order valence-corrected chi connectivity index (χ1v) is 10.0. The van der Waals surface area contributed by atoms with Crippen LogP contribution in [0.15, 0.2) is 48.9 Å². The van der Waals surface area contributed by atoms with E-state index < -0.39 is 11.9 Å². The van der Waals surface area contributed by atoms with Crippen molar-refractivity contribution in [2.45, 2.75) is 13.0 Å². The number of hydrogen-bond acceptors (Lipinski definition) is 10. The number of rotatable bonds is 7. The van der Waals surface area contributed by atoms with E-state index >= 15 is 0 Å². The van der Waals surface area contributed by atoms with Crippen molar-refractivity contribution < 1.29 is 9.13 Å². The van der Waals surface area contributed by atoms with E-state index in [4.69, 9.17) is 15.9 Å². The first kappa shape index (κ1) is 22.3. The van der Waals surface area contributed by atoms with E-state index in [1.807, 2.05) is 6.07 Å². The third-order valence-electron chi connectivity index (χ3n) is 4.94. The number of aromatic nitrogens is 6. The first-order valence-electron chi connectivity index (χ1n) is 10.0. The normalized spacial score (nSPS) is 11.5. The van der Waals surface area contributed by atoms with Crippen LogP contribution >= 0.6 is 0 Å². The SMILES string of the molecule is COc1cc(C#N)nc(C(=N)c2c(N)ncnc2NC(C)c2cn(-c3ccccc3F)nn2)c1. The largest absolute Gasteiger partial charge is 0.497 e. The molecule has 0 aliphatic carbocycles. The van der Waals surface area contributed by atoms with Gasteiger partial charge in [-0.25, -0.2) is 24.0 Å². The highest BCUT2D eigenvalue weighted by Gasteiger charge is 2.21. The molecule has 1 atom stereocenters. The Balaban J connectivity index is 1.65. The minimum absolute atomic E-state index is 0.0489. The maximum Gasteiger partial charge on any atom is 0.148 e. The fourth-order valence-electron chi connectivity index (χ4n) is 3.20. The molecule has 0 saturated carbocycles. The molecule has 0 saturated heterocycles. The van der Waals surface area contributed by atoms with Crippen LogP contribution in [0.2, 0.25) is 0 Å². The van der Waals surface area contributed by atoms with Gasteiger partial charge in [-0.3, -0.25) is 5.41 Å². The number of pyridine rings is 1. The van der Waals surface area contributed by atoms with Gasteiger partial charge in [-0.2, -0.15) is 5.26 Å². The van der Waals surface area contributed by atoms with E-state index in [-0.39, 0.29) is 40.0 Å². The average Bonchev–Trinajstić information content (AvgIpc) is 3.34. The Morgan fingerprint density at radius 1 is 1.29 bits per heavy atom. The standard InChI is InChI=1S/C22H19FN10O/c1-12(17-10-33(32-31-17)18-6-4-3-5-15(18)23)29-22-19(21(26)27-11-28-22)20(25)16-8-14(34-2)7-13(9-24)30-16/h3-8,10-12,25H,1-2H3,(H3,26,27,28,29). The van der Waals surface area contributed by atoms with Gasteiger partial charge in [-0.1, -0.05) is 17.3 Å². The predicted octanol–water partition coefficient (Wildman–Crippen LogP) is 2.64. The van der Waals surface area contributed by atoms with Crippen LogP contribution in [0, 0.1) is 22.6 Å². The molecule has 4 rings (SSSR count). The van der Waals surface area contributed by atoms with Gasteiger partial charge in [0.15, 0.2) is 0 Å². The number of nitrogens with two attached hydrogens (primary N) is 1. The molecule has 4 aromatic rings. The number of benzene rings is 1. The molecule has 0 radical (unpaired) electrons. The van der Waals surface area contributed by atoms with Gasteiger partial charge in [0.1, 0.15) is 52.7 Å². The van der Waals surface area contributed by atoms with Gasteiger partial charge in [0.2, 0.25) is 0 Å². The van der Waals surface area contributed by atoms with Crippen molar-refractivity contribution in [3.05, 3.63) is 77.4 Å². The number of methoxy groups -OCH3 is 1. The molecule has 0 fully saturated rings. The van der Waals surface area contributed by atoms with Crippen LogP contribution in [0.4, 0.5) is 16.0 Å². The smallest absolute Gasteiger partial charge is 0.148 e. The van der Waals surface area contributed by atoms with Crippen LogP contribution in [0.5, 0.6) is 5.75 Å². The van der Waals surface area contributed by atoms with Gasteiger partial charge in [0, 0.05) is 12.1 Å². The fraction of sp³-hybridized carbons (Fsp3) is 0.136. The summed E-state index contributed by atoms with van der Waals surface area (Å²) in [5.41, 5.74) is 7.20. The van der Waals surface area contributed by atoms with Gasteiger partial charge in [-0.05, 0) is 19.1 Å². The highest BCUT2D eigenvalue weighted by atomic mass is 19.1. The molecule has 3 aromatic heterocycles. The minimum Gasteiger partial charge on any atom is -0.497 e. The molecule has 1 aromatic carbocycles. The Bertz CT molecular complexity index is 1410. The Morgan fingerprint density at radius 2 is 2.09 bits per heavy atom. The number of ether oxygens (including phenoxy) is 1. The predicted molar refractivity (Wildman–Crippen MR) is 121 cm³/mol. The summed E-state index contributed by atoms with van der Waals surface area (Å²) in [4.78, 5) is 12.4. The number of hydrogen-bond donors (Lipinski definition) is 3. The van der Waals surface area contributed by atoms with E-state index in [9.17, 15) is 9.65 Å². The minimum atomic E-state index is -0.436. The highest BCUT2D eigenvalue weighted by Crippen LogP contribution is 2.26. The van der Waals surface area contributed by atoms with Crippen molar-refractivity contribution in [1.29, 1.82) is 10.7 Å². The van der Waals surface area contributed by atoms with Crippen LogP contribution in [0.1, 0.15) is 35.6 Å². The highest BCUT2D eigenvalue weighted by molar-refractivity contribution is 6.15. The molecule has 0 amide bonds. The zero-order valence-corrected chi connectivity index (χ0v) is 18.2. The molecule has 0 spiro atoms. The summed E-state index contributed by atoms with van der Waals surface area (Å²) in [6, 6.07) is 10.7. The molecule has 1 unspecified atom stereocenters. The van der Waals surface area contributed by atoms with Crippen molar-refractivity contribution in [2.75, 3.05) is 18.2 Å². The summed E-state index contributed by atoms with van der Waals surface area (Å²) in [6.07, 6.45) is 2.85. The second-order valence-electron chi connectivity index (χ2n) is 7.15. The Morgan fingerprint density at radius 3 is 2.82 bits per heavy atom. The molecule has 4 N–H and O–H groups in total. The Labute approximate surface area is 193 Å². The second kappa shape index (κ2) is 9.29. The summed E-state index contributed by atoms with van der Waals surface area (Å²) in [5, 5.41) is 29.2. The lowest BCUT2D eigenvalue weighted by molar-refractivity contribution is 0.414. The number of para-hydroxylation sites is 1. The Hall–Kier alpha value is -4.92. The fourth-order valence-corrected chi connectivity index (χ4v) is 3.20. The van der Waals surface area contributed by atoms with Gasteiger partial charge >= 0.3 is 0 Å². The topological polar surface area (TPSA) is 164 Å². The second-order valence-corrected chi connectivity index (χ2v) is 7.15. The lowest BCUT2D eigenvalue weighted by Crippen LogP contribution is -2.17. The van der Waals surface area contributed by atoms with Gasteiger partial charge in [-0.15, -0.1) is 5.10 Å². The summed E-state index contributed by atoms with van der Waals surface area (Å²) in [6.45, 7) is 1.80. The summed E-state index contributed by atoms with van der Waals surface area (Å²) < 4.78 is 20.6. The van der Waals surface area contributed by atoms with Crippen LogP contribution < -0.4 is 15.8 Å². The van der Waals surface area contributed by atoms with Crippen molar-refractivity contribution in [3.8, 4) is 17.5 Å². The van der Waals surface area contributed by atoms with Crippen LogP contribution in [-0.4, -0.2) is 42.8 Å². The lowest BCUT2D eigenvalue weighted by atomic mass is 10.1. The van der Waals surface area contributed by atoms with Crippen LogP contribution in [-0.2, 0) is 0 Å².